The van der Waals surface area contributed by atoms with Gasteiger partial charge in [0, 0.05) is 31.0 Å². The molecule has 2 aliphatic heterocycles. The summed E-state index contributed by atoms with van der Waals surface area (Å²) in [5.74, 6) is 0.0877. The number of anilines is 1. The quantitative estimate of drug-likeness (QED) is 0.720. The number of carbonyl (C=O) groups is 1. The first kappa shape index (κ1) is 20.4. The van der Waals surface area contributed by atoms with Crippen molar-refractivity contribution in [2.24, 2.45) is 0 Å². The van der Waals surface area contributed by atoms with E-state index < -0.39 is 34.3 Å². The van der Waals surface area contributed by atoms with Crippen LogP contribution in [-0.4, -0.2) is 56.5 Å². The van der Waals surface area contributed by atoms with Gasteiger partial charge in [0.1, 0.15) is 18.9 Å². The first-order valence-corrected chi connectivity index (χ1v) is 10.3. The number of piperazine rings is 1. The molecule has 2 aromatic rings. The van der Waals surface area contributed by atoms with Gasteiger partial charge in [-0.3, -0.25) is 9.78 Å². The number of ether oxygens (including phenoxy) is 2. The van der Waals surface area contributed by atoms with E-state index in [0.717, 1.165) is 21.5 Å². The zero-order valence-corrected chi connectivity index (χ0v) is 16.2. The molecule has 8 nitrogen and oxygen atoms in total. The largest absolute Gasteiger partial charge is 0.486 e. The molecule has 1 saturated heterocycles. The maximum absolute atomic E-state index is 12.9. The number of fused-ring (bicyclic) bond motifs is 1. The Morgan fingerprint density at radius 1 is 1.00 bits per heavy atom. The maximum atomic E-state index is 12.9. The number of benzene rings is 1. The highest BCUT2D eigenvalue weighted by Gasteiger charge is 2.36. The van der Waals surface area contributed by atoms with Gasteiger partial charge >= 0.3 is 6.18 Å². The van der Waals surface area contributed by atoms with Crippen LogP contribution in [0.1, 0.15) is 5.69 Å². The van der Waals surface area contributed by atoms with Crippen LogP contribution in [0.3, 0.4) is 0 Å². The van der Waals surface area contributed by atoms with Gasteiger partial charge in [-0.1, -0.05) is 0 Å². The number of amides is 1. The van der Waals surface area contributed by atoms with Gasteiger partial charge in [0.05, 0.1) is 11.4 Å². The third-order valence-electron chi connectivity index (χ3n) is 4.68. The van der Waals surface area contributed by atoms with E-state index in [9.17, 15) is 26.4 Å². The normalized spacial score (nSPS) is 17.8. The van der Waals surface area contributed by atoms with Crippen LogP contribution in [0.5, 0.6) is 11.5 Å². The van der Waals surface area contributed by atoms with Gasteiger partial charge in [0.15, 0.2) is 11.5 Å². The van der Waals surface area contributed by atoms with E-state index in [1.807, 2.05) is 0 Å². The van der Waals surface area contributed by atoms with Gasteiger partial charge in [-0.05, 0) is 24.3 Å². The Morgan fingerprint density at radius 3 is 2.43 bits per heavy atom. The molecule has 0 N–H and O–H groups in total. The number of aromatic nitrogens is 1. The summed E-state index contributed by atoms with van der Waals surface area (Å²) in [4.78, 5) is 16.9. The second kappa shape index (κ2) is 7.43. The standard InChI is InChI=1S/C18H16F3N3O5S/c19-18(20,21)16-9-12(3-4-22-16)24-6-5-23(11-17(24)25)30(26,27)13-1-2-14-15(10-13)29-8-7-28-14/h1-4,9-10H,5-8,11H2. The molecule has 0 saturated carbocycles. The average Bonchev–Trinajstić information content (AvgIpc) is 2.72. The molecule has 30 heavy (non-hydrogen) atoms. The number of pyridine rings is 1. The van der Waals surface area contributed by atoms with Crippen molar-refractivity contribution in [1.29, 1.82) is 0 Å². The van der Waals surface area contributed by atoms with E-state index in [2.05, 4.69) is 4.98 Å². The monoisotopic (exact) mass is 443 g/mol. The molecule has 2 aliphatic rings. The van der Waals surface area contributed by atoms with Gasteiger partial charge in [-0.2, -0.15) is 17.5 Å². The lowest BCUT2D eigenvalue weighted by atomic mass is 10.2. The third-order valence-corrected chi connectivity index (χ3v) is 6.52. The molecule has 4 rings (SSSR count). The van der Waals surface area contributed by atoms with Crippen LogP contribution in [0.2, 0.25) is 0 Å². The van der Waals surface area contributed by atoms with Crippen LogP contribution in [0.15, 0.2) is 41.4 Å². The molecule has 1 fully saturated rings. The Balaban J connectivity index is 1.54. The van der Waals surface area contributed by atoms with Gasteiger partial charge < -0.3 is 14.4 Å². The fourth-order valence-electron chi connectivity index (χ4n) is 3.21. The zero-order valence-electron chi connectivity index (χ0n) is 15.4. The maximum Gasteiger partial charge on any atom is 0.433 e. The van der Waals surface area contributed by atoms with Gasteiger partial charge in [-0.25, -0.2) is 8.42 Å². The van der Waals surface area contributed by atoms with Crippen molar-refractivity contribution in [1.82, 2.24) is 9.29 Å². The molecule has 0 bridgehead atoms. The Bertz CT molecular complexity index is 1090. The summed E-state index contributed by atoms with van der Waals surface area (Å²) in [5.41, 5.74) is -1.11. The number of alkyl halides is 3. The van der Waals surface area contributed by atoms with Gasteiger partial charge in [0.2, 0.25) is 15.9 Å². The fourth-order valence-corrected chi connectivity index (χ4v) is 4.60. The van der Waals surface area contributed by atoms with Crippen LogP contribution in [-0.2, 0) is 21.0 Å². The van der Waals surface area contributed by atoms with E-state index >= 15 is 0 Å². The second-order valence-corrected chi connectivity index (χ2v) is 8.52. The summed E-state index contributed by atoms with van der Waals surface area (Å²) in [7, 11) is -4.01. The number of carbonyl (C=O) groups excluding carboxylic acids is 1. The SMILES string of the molecule is O=C1CN(S(=O)(=O)c2ccc3c(c2)OCCO3)CCN1c1ccnc(C(F)(F)F)c1. The Morgan fingerprint density at radius 2 is 1.73 bits per heavy atom. The van der Waals surface area contributed by atoms with Gasteiger partial charge in [0.25, 0.3) is 0 Å². The van der Waals surface area contributed by atoms with E-state index in [1.165, 1.54) is 24.3 Å². The number of sulfonamides is 1. The van der Waals surface area contributed by atoms with Crippen molar-refractivity contribution < 1.29 is 35.9 Å². The number of hydrogen-bond donors (Lipinski definition) is 0. The lowest BCUT2D eigenvalue weighted by Gasteiger charge is -2.34. The number of halogens is 3. The molecule has 0 atom stereocenters. The van der Waals surface area contributed by atoms with E-state index in [4.69, 9.17) is 9.47 Å². The molecule has 3 heterocycles. The highest BCUT2D eigenvalue weighted by molar-refractivity contribution is 7.89. The molecule has 0 aliphatic carbocycles. The molecular formula is C18H16F3N3O5S. The first-order chi connectivity index (χ1) is 14.2. The van der Waals surface area contributed by atoms with Crippen molar-refractivity contribution in [2.75, 3.05) is 37.7 Å². The Kier molecular flexibility index (Phi) is 5.06. The van der Waals surface area contributed by atoms with Gasteiger partial charge in [-0.15, -0.1) is 0 Å². The topological polar surface area (TPSA) is 89.0 Å². The molecular weight excluding hydrogens is 427 g/mol. The lowest BCUT2D eigenvalue weighted by molar-refractivity contribution is -0.141. The van der Waals surface area contributed by atoms with Crippen molar-refractivity contribution in [3.8, 4) is 11.5 Å². The molecule has 0 spiro atoms. The Labute approximate surface area is 169 Å². The summed E-state index contributed by atoms with van der Waals surface area (Å²) in [6, 6.07) is 6.22. The summed E-state index contributed by atoms with van der Waals surface area (Å²) in [6.45, 7) is -0.0172. The average molecular weight is 443 g/mol. The van der Waals surface area contributed by atoms with Crippen LogP contribution in [0.4, 0.5) is 18.9 Å². The van der Waals surface area contributed by atoms with E-state index in [0.29, 0.717) is 24.7 Å². The molecule has 1 aromatic carbocycles. The van der Waals surface area contributed by atoms with E-state index in [1.54, 1.807) is 0 Å². The summed E-state index contributed by atoms with van der Waals surface area (Å²) >= 11 is 0. The third kappa shape index (κ3) is 3.79. The smallest absolute Gasteiger partial charge is 0.433 e. The van der Waals surface area contributed by atoms with Crippen molar-refractivity contribution in [3.05, 3.63) is 42.2 Å². The number of nitrogens with zero attached hydrogens (tertiary/aromatic N) is 3. The molecule has 160 valence electrons. The van der Waals surface area contributed by atoms with Crippen LogP contribution in [0.25, 0.3) is 0 Å². The lowest BCUT2D eigenvalue weighted by Crippen LogP contribution is -2.52. The molecule has 1 aromatic heterocycles. The minimum atomic E-state index is -4.65. The van der Waals surface area contributed by atoms with Crippen LogP contribution in [0, 0.1) is 0 Å². The summed E-state index contributed by atoms with van der Waals surface area (Å²) in [6.07, 6.45) is -3.69. The zero-order chi connectivity index (χ0) is 21.5. The second-order valence-electron chi connectivity index (χ2n) is 6.59. The number of hydrogen-bond acceptors (Lipinski definition) is 6. The summed E-state index contributed by atoms with van der Waals surface area (Å²) in [5, 5.41) is 0. The Hall–Kier alpha value is -2.86. The van der Waals surface area contributed by atoms with Crippen molar-refractivity contribution in [3.63, 3.8) is 0 Å². The molecule has 0 radical (unpaired) electrons. The molecule has 1 amide bonds. The number of rotatable bonds is 3. The van der Waals surface area contributed by atoms with Crippen LogP contribution >= 0.6 is 0 Å². The predicted molar refractivity (Wildman–Crippen MR) is 97.8 cm³/mol. The van der Waals surface area contributed by atoms with Crippen molar-refractivity contribution >= 4 is 21.6 Å². The highest BCUT2D eigenvalue weighted by Crippen LogP contribution is 2.34. The van der Waals surface area contributed by atoms with E-state index in [-0.39, 0.29) is 23.7 Å². The minimum absolute atomic E-state index is 0.0127. The molecule has 12 heteroatoms. The summed E-state index contributed by atoms with van der Waals surface area (Å²) < 4.78 is 76.3. The predicted octanol–water partition coefficient (Wildman–Crippen LogP) is 1.91. The highest BCUT2D eigenvalue weighted by atomic mass is 32.2. The molecule has 0 unspecified atom stereocenters. The van der Waals surface area contributed by atoms with Crippen LogP contribution < -0.4 is 14.4 Å². The first-order valence-electron chi connectivity index (χ1n) is 8.90. The minimum Gasteiger partial charge on any atom is -0.486 e. The fraction of sp³-hybridized carbons (Fsp3) is 0.333. The van der Waals surface area contributed by atoms with Crippen molar-refractivity contribution in [2.45, 2.75) is 11.1 Å².